The molecule has 27 heavy (non-hydrogen) atoms. The second-order valence-corrected chi connectivity index (χ2v) is 6.12. The molecule has 2 amide bonds. The molecule has 1 atom stereocenters. The van der Waals surface area contributed by atoms with Gasteiger partial charge in [0, 0.05) is 30.8 Å². The Morgan fingerprint density at radius 2 is 2.07 bits per heavy atom. The van der Waals surface area contributed by atoms with Crippen LogP contribution in [0.3, 0.4) is 0 Å². The van der Waals surface area contributed by atoms with Gasteiger partial charge in [0.1, 0.15) is 5.82 Å². The maximum Gasteiger partial charge on any atom is 0.320 e. The number of aromatic nitrogens is 1. The van der Waals surface area contributed by atoms with Crippen LogP contribution in [0.2, 0.25) is 0 Å². The largest absolute Gasteiger partial charge is 0.466 e. The van der Waals surface area contributed by atoms with Gasteiger partial charge in [-0.25, -0.2) is 15.2 Å². The summed E-state index contributed by atoms with van der Waals surface area (Å²) in [6.07, 6.45) is 2.63. The summed E-state index contributed by atoms with van der Waals surface area (Å²) in [4.78, 5) is 27.8. The highest BCUT2D eigenvalue weighted by Gasteiger charge is 2.23. The molecule has 0 aliphatic carbocycles. The van der Waals surface area contributed by atoms with Crippen LogP contribution in [-0.2, 0) is 16.1 Å². The van der Waals surface area contributed by atoms with Crippen LogP contribution in [0.1, 0.15) is 36.9 Å². The third-order valence-electron chi connectivity index (χ3n) is 4.17. The second kappa shape index (κ2) is 9.00. The minimum Gasteiger partial charge on any atom is -0.466 e. The minimum absolute atomic E-state index is 0.0298. The molecule has 8 nitrogen and oxygen atoms in total. The molecule has 1 aliphatic rings. The van der Waals surface area contributed by atoms with Gasteiger partial charge in [-0.3, -0.25) is 10.1 Å². The lowest BCUT2D eigenvalue weighted by Gasteiger charge is -2.10. The van der Waals surface area contributed by atoms with Crippen LogP contribution in [0.5, 0.6) is 0 Å². The molecule has 3 rings (SSSR count). The first-order valence-electron chi connectivity index (χ1n) is 8.91. The topological polar surface area (TPSA) is 104 Å². The number of fused-ring (bicyclic) bond motifs is 1. The monoisotopic (exact) mass is 369 g/mol. The number of benzene rings is 1. The molecule has 1 aliphatic heterocycles. The van der Waals surface area contributed by atoms with Gasteiger partial charge in [-0.05, 0) is 18.9 Å². The zero-order valence-corrected chi connectivity index (χ0v) is 15.1. The van der Waals surface area contributed by atoms with E-state index in [4.69, 9.17) is 4.74 Å². The van der Waals surface area contributed by atoms with Crippen molar-refractivity contribution in [2.45, 2.75) is 32.4 Å². The molecule has 2 heterocycles. The zero-order chi connectivity index (χ0) is 19.1. The number of hydrazine groups is 1. The van der Waals surface area contributed by atoms with Crippen LogP contribution in [-0.4, -0.2) is 23.6 Å². The number of pyridine rings is 1. The molecule has 0 radical (unpaired) electrons. The first kappa shape index (κ1) is 18.7. The predicted octanol–water partition coefficient (Wildman–Crippen LogP) is 2.72. The van der Waals surface area contributed by atoms with Crippen molar-refractivity contribution in [2.75, 3.05) is 17.3 Å². The third kappa shape index (κ3) is 5.18. The van der Waals surface area contributed by atoms with Crippen LogP contribution in [0.25, 0.3) is 0 Å². The summed E-state index contributed by atoms with van der Waals surface area (Å²) < 4.78 is 4.95. The molecule has 0 saturated carbocycles. The summed E-state index contributed by atoms with van der Waals surface area (Å²) in [5, 5.41) is 5.51. The number of ether oxygens (including phenoxy) is 1. The molecule has 1 aromatic heterocycles. The highest BCUT2D eigenvalue weighted by atomic mass is 16.5. The van der Waals surface area contributed by atoms with E-state index in [1.807, 2.05) is 30.3 Å². The van der Waals surface area contributed by atoms with E-state index >= 15 is 0 Å². The SMILES string of the molecule is CCOC(=O)CCC1NNc2cc(NC(=O)NCc3ccccc3)ncc21. The Balaban J connectivity index is 1.52. The van der Waals surface area contributed by atoms with Crippen molar-refractivity contribution in [2.24, 2.45) is 0 Å². The summed E-state index contributed by atoms with van der Waals surface area (Å²) in [6, 6.07) is 11.1. The zero-order valence-electron chi connectivity index (χ0n) is 15.1. The van der Waals surface area contributed by atoms with Gasteiger partial charge >= 0.3 is 12.0 Å². The summed E-state index contributed by atoms with van der Waals surface area (Å²) in [5.41, 5.74) is 8.99. The van der Waals surface area contributed by atoms with Gasteiger partial charge < -0.3 is 15.5 Å². The Morgan fingerprint density at radius 1 is 1.26 bits per heavy atom. The number of amides is 2. The number of nitrogens with one attached hydrogen (secondary N) is 4. The van der Waals surface area contributed by atoms with Crippen molar-refractivity contribution in [3.8, 4) is 0 Å². The molecule has 0 spiro atoms. The fourth-order valence-electron chi connectivity index (χ4n) is 2.82. The Hall–Kier alpha value is -3.13. The summed E-state index contributed by atoms with van der Waals surface area (Å²) in [6.45, 7) is 2.61. The molecule has 1 unspecified atom stereocenters. The highest BCUT2D eigenvalue weighted by molar-refractivity contribution is 5.88. The van der Waals surface area contributed by atoms with Gasteiger partial charge in [-0.2, -0.15) is 0 Å². The number of urea groups is 1. The van der Waals surface area contributed by atoms with Crippen LogP contribution < -0.4 is 21.5 Å². The predicted molar refractivity (Wildman–Crippen MR) is 102 cm³/mol. The summed E-state index contributed by atoms with van der Waals surface area (Å²) in [5.74, 6) is 0.230. The number of anilines is 2. The summed E-state index contributed by atoms with van der Waals surface area (Å²) >= 11 is 0. The van der Waals surface area contributed by atoms with Crippen molar-refractivity contribution in [1.82, 2.24) is 15.7 Å². The molecule has 0 bridgehead atoms. The molecule has 0 fully saturated rings. The Bertz CT molecular complexity index is 797. The van der Waals surface area contributed by atoms with Crippen LogP contribution >= 0.6 is 0 Å². The van der Waals surface area contributed by atoms with Gasteiger partial charge in [0.25, 0.3) is 0 Å². The lowest BCUT2D eigenvalue weighted by molar-refractivity contribution is -0.143. The first-order valence-corrected chi connectivity index (χ1v) is 8.91. The Morgan fingerprint density at radius 3 is 2.85 bits per heavy atom. The quantitative estimate of drug-likeness (QED) is 0.560. The standard InChI is InChI=1S/C19H23N5O3/c1-2-27-18(25)9-8-15-14-12-20-17(10-16(14)24-23-15)22-19(26)21-11-13-6-4-3-5-7-13/h3-7,10,12,15,23-24H,2,8-9,11H2,1H3,(H2,20,21,22,26). The van der Waals surface area contributed by atoms with Crippen molar-refractivity contribution in [3.63, 3.8) is 0 Å². The van der Waals surface area contributed by atoms with E-state index in [2.05, 4.69) is 26.5 Å². The molecule has 4 N–H and O–H groups in total. The number of nitrogens with zero attached hydrogens (tertiary/aromatic N) is 1. The van der Waals surface area contributed by atoms with E-state index in [1.54, 1.807) is 19.2 Å². The number of carbonyl (C=O) groups is 2. The van der Waals surface area contributed by atoms with Crippen molar-refractivity contribution >= 4 is 23.5 Å². The maximum absolute atomic E-state index is 12.0. The molecule has 2 aromatic rings. The first-order chi connectivity index (χ1) is 13.2. The van der Waals surface area contributed by atoms with Crippen LogP contribution in [0.15, 0.2) is 42.6 Å². The maximum atomic E-state index is 12.0. The van der Waals surface area contributed by atoms with E-state index in [-0.39, 0.29) is 18.0 Å². The molecule has 1 aromatic carbocycles. The summed E-state index contributed by atoms with van der Waals surface area (Å²) in [7, 11) is 0. The van der Waals surface area contributed by atoms with Crippen LogP contribution in [0, 0.1) is 0 Å². The van der Waals surface area contributed by atoms with Crippen molar-refractivity contribution in [3.05, 3.63) is 53.7 Å². The molecule has 142 valence electrons. The number of hydrogen-bond donors (Lipinski definition) is 4. The van der Waals surface area contributed by atoms with Gasteiger partial charge in [0.05, 0.1) is 18.3 Å². The normalized spacial score (nSPS) is 14.8. The second-order valence-electron chi connectivity index (χ2n) is 6.12. The van der Waals surface area contributed by atoms with E-state index in [9.17, 15) is 9.59 Å². The van der Waals surface area contributed by atoms with E-state index < -0.39 is 0 Å². The fraction of sp³-hybridized carbons (Fsp3) is 0.316. The number of esters is 1. The molecular weight excluding hydrogens is 346 g/mol. The third-order valence-corrected chi connectivity index (χ3v) is 4.17. The van der Waals surface area contributed by atoms with Crippen LogP contribution in [0.4, 0.5) is 16.3 Å². The van der Waals surface area contributed by atoms with Gasteiger partial charge in [0.2, 0.25) is 0 Å². The Kier molecular flexibility index (Phi) is 6.22. The van der Waals surface area contributed by atoms with E-state index in [0.717, 1.165) is 16.8 Å². The smallest absolute Gasteiger partial charge is 0.320 e. The van der Waals surface area contributed by atoms with E-state index in [1.165, 1.54) is 0 Å². The highest BCUT2D eigenvalue weighted by Crippen LogP contribution is 2.32. The average molecular weight is 369 g/mol. The fourth-order valence-corrected chi connectivity index (χ4v) is 2.82. The molecular formula is C19H23N5O3. The molecule has 0 saturated heterocycles. The minimum atomic E-state index is -0.323. The van der Waals surface area contributed by atoms with E-state index in [0.29, 0.717) is 31.8 Å². The lowest BCUT2D eigenvalue weighted by atomic mass is 10.0. The lowest BCUT2D eigenvalue weighted by Crippen LogP contribution is -2.28. The number of rotatable bonds is 7. The van der Waals surface area contributed by atoms with Crippen molar-refractivity contribution < 1.29 is 14.3 Å². The van der Waals surface area contributed by atoms with Crippen molar-refractivity contribution in [1.29, 1.82) is 0 Å². The van der Waals surface area contributed by atoms with Gasteiger partial charge in [-0.1, -0.05) is 30.3 Å². The van der Waals surface area contributed by atoms with Gasteiger partial charge in [-0.15, -0.1) is 0 Å². The number of hydrogen-bond acceptors (Lipinski definition) is 6. The van der Waals surface area contributed by atoms with Gasteiger partial charge in [0.15, 0.2) is 0 Å². The Labute approximate surface area is 157 Å². The average Bonchev–Trinajstić information content (AvgIpc) is 3.08. The number of carbonyl (C=O) groups excluding carboxylic acids is 2. The molecule has 8 heteroatoms.